The Morgan fingerprint density at radius 3 is 1.46 bits per heavy atom. The molecule has 0 saturated carbocycles. The minimum Gasteiger partial charge on any atom is -0.420 e. The van der Waals surface area contributed by atoms with E-state index in [2.05, 4.69) is 33.1 Å². The zero-order chi connectivity index (χ0) is 10.7. The Morgan fingerprint density at radius 1 is 1.00 bits per heavy atom. The van der Waals surface area contributed by atoms with Crippen molar-refractivity contribution in [2.75, 3.05) is 14.2 Å². The van der Waals surface area contributed by atoms with E-state index in [0.29, 0.717) is 5.16 Å². The summed E-state index contributed by atoms with van der Waals surface area (Å²) in [4.78, 5) is 0. The zero-order valence-electron chi connectivity index (χ0n) is 9.81. The standard InChI is InChI=1S/C9H23O2Si2/c1-8-9(12(4,5)10-2)13(6,7)11-3/h9H,1,8H2,2-7H3. The zero-order valence-corrected chi connectivity index (χ0v) is 11.8. The highest BCUT2D eigenvalue weighted by atomic mass is 28.4. The van der Waals surface area contributed by atoms with Gasteiger partial charge in [0.15, 0.2) is 16.6 Å². The van der Waals surface area contributed by atoms with E-state index in [0.717, 1.165) is 6.42 Å². The summed E-state index contributed by atoms with van der Waals surface area (Å²) in [5, 5.41) is 0.565. The van der Waals surface area contributed by atoms with Crippen molar-refractivity contribution in [2.45, 2.75) is 37.8 Å². The second-order valence-electron chi connectivity index (χ2n) is 4.46. The fourth-order valence-corrected chi connectivity index (χ4v) is 11.2. The highest BCUT2D eigenvalue weighted by Gasteiger charge is 2.44. The lowest BCUT2D eigenvalue weighted by Gasteiger charge is -2.38. The summed E-state index contributed by atoms with van der Waals surface area (Å²) in [6.07, 6.45) is 0.931. The number of hydrogen-bond acceptors (Lipinski definition) is 2. The fourth-order valence-electron chi connectivity index (χ4n) is 1.82. The molecule has 0 aromatic heterocycles. The van der Waals surface area contributed by atoms with Gasteiger partial charge in [0.25, 0.3) is 0 Å². The van der Waals surface area contributed by atoms with Gasteiger partial charge in [0.05, 0.1) is 0 Å². The minimum atomic E-state index is -1.59. The van der Waals surface area contributed by atoms with Gasteiger partial charge in [-0.15, -0.1) is 0 Å². The van der Waals surface area contributed by atoms with Gasteiger partial charge >= 0.3 is 0 Å². The molecule has 0 bridgehead atoms. The van der Waals surface area contributed by atoms with Gasteiger partial charge in [-0.05, 0) is 31.4 Å². The average molecular weight is 219 g/mol. The van der Waals surface area contributed by atoms with Crippen LogP contribution in [0.4, 0.5) is 0 Å². The van der Waals surface area contributed by atoms with Crippen molar-refractivity contribution in [3.63, 3.8) is 0 Å². The van der Waals surface area contributed by atoms with Crippen molar-refractivity contribution in [1.82, 2.24) is 0 Å². The maximum Gasteiger partial charge on any atom is 0.188 e. The molecular formula is C9H23O2Si2. The molecule has 0 aliphatic rings. The highest BCUT2D eigenvalue weighted by molar-refractivity contribution is 6.91. The molecular weight excluding hydrogens is 196 g/mol. The van der Waals surface area contributed by atoms with Crippen LogP contribution in [0.25, 0.3) is 0 Å². The monoisotopic (exact) mass is 219 g/mol. The van der Waals surface area contributed by atoms with Gasteiger partial charge in [-0.25, -0.2) is 0 Å². The van der Waals surface area contributed by atoms with Crippen LogP contribution in [0.1, 0.15) is 6.42 Å². The van der Waals surface area contributed by atoms with E-state index >= 15 is 0 Å². The maximum absolute atomic E-state index is 5.63. The molecule has 0 aliphatic carbocycles. The third-order valence-corrected chi connectivity index (χ3v) is 13.2. The van der Waals surface area contributed by atoms with E-state index in [9.17, 15) is 0 Å². The molecule has 0 amide bonds. The van der Waals surface area contributed by atoms with Crippen LogP contribution in [0.2, 0.25) is 31.4 Å². The summed E-state index contributed by atoms with van der Waals surface area (Å²) in [5.41, 5.74) is 0. The molecule has 0 atom stereocenters. The van der Waals surface area contributed by atoms with Gasteiger partial charge in [-0.1, -0.05) is 13.3 Å². The third-order valence-electron chi connectivity index (χ3n) is 3.02. The van der Waals surface area contributed by atoms with E-state index in [4.69, 9.17) is 8.85 Å². The van der Waals surface area contributed by atoms with Crippen molar-refractivity contribution in [3.8, 4) is 0 Å². The molecule has 0 aromatic carbocycles. The summed E-state index contributed by atoms with van der Waals surface area (Å²) in [5.74, 6) is 0. The molecule has 13 heavy (non-hydrogen) atoms. The van der Waals surface area contributed by atoms with Crippen LogP contribution in [-0.4, -0.2) is 30.9 Å². The van der Waals surface area contributed by atoms with Crippen LogP contribution in [0, 0.1) is 6.92 Å². The summed E-state index contributed by atoms with van der Waals surface area (Å²) in [7, 11) is 0.451. The van der Waals surface area contributed by atoms with E-state index < -0.39 is 16.6 Å². The van der Waals surface area contributed by atoms with Crippen molar-refractivity contribution in [1.29, 1.82) is 0 Å². The van der Waals surface area contributed by atoms with Crippen LogP contribution in [0.5, 0.6) is 0 Å². The van der Waals surface area contributed by atoms with Gasteiger partial charge in [-0.3, -0.25) is 0 Å². The molecule has 0 aliphatic heterocycles. The molecule has 0 rings (SSSR count). The second-order valence-corrected chi connectivity index (χ2v) is 13.7. The lowest BCUT2D eigenvalue weighted by molar-refractivity contribution is 0.371. The third kappa shape index (κ3) is 3.20. The summed E-state index contributed by atoms with van der Waals surface area (Å²) < 4.78 is 11.3. The van der Waals surface area contributed by atoms with Crippen LogP contribution < -0.4 is 0 Å². The highest BCUT2D eigenvalue weighted by Crippen LogP contribution is 2.35. The van der Waals surface area contributed by atoms with Crippen LogP contribution in [0.3, 0.4) is 0 Å². The molecule has 4 heteroatoms. The average Bonchev–Trinajstić information content (AvgIpc) is 2.05. The first kappa shape index (κ1) is 13.4. The van der Waals surface area contributed by atoms with Crippen molar-refractivity contribution < 1.29 is 8.85 Å². The Morgan fingerprint density at radius 2 is 1.31 bits per heavy atom. The van der Waals surface area contributed by atoms with Crippen LogP contribution in [0.15, 0.2) is 0 Å². The Hall–Kier alpha value is 0.354. The summed E-state index contributed by atoms with van der Waals surface area (Å²) in [6, 6.07) is 0. The van der Waals surface area contributed by atoms with Crippen molar-refractivity contribution in [3.05, 3.63) is 6.92 Å². The van der Waals surface area contributed by atoms with E-state index in [1.807, 2.05) is 14.2 Å². The first-order valence-corrected chi connectivity index (χ1v) is 10.7. The van der Waals surface area contributed by atoms with Crippen molar-refractivity contribution in [2.24, 2.45) is 0 Å². The van der Waals surface area contributed by atoms with Crippen molar-refractivity contribution >= 4 is 16.6 Å². The molecule has 79 valence electrons. The lowest BCUT2D eigenvalue weighted by atomic mass is 10.6. The fraction of sp³-hybridized carbons (Fsp3) is 0.889. The predicted octanol–water partition coefficient (Wildman–Crippen LogP) is 2.82. The molecule has 1 radical (unpaired) electrons. The maximum atomic E-state index is 5.63. The molecule has 0 saturated heterocycles. The minimum absolute atomic E-state index is 0.565. The molecule has 0 unspecified atom stereocenters. The predicted molar refractivity (Wildman–Crippen MR) is 62.7 cm³/mol. The lowest BCUT2D eigenvalue weighted by Crippen LogP contribution is -2.50. The summed E-state index contributed by atoms with van der Waals surface area (Å²) >= 11 is 0. The number of rotatable bonds is 5. The first-order valence-electron chi connectivity index (χ1n) is 4.71. The van der Waals surface area contributed by atoms with E-state index in [1.165, 1.54) is 0 Å². The Kier molecular flexibility index (Phi) is 4.86. The topological polar surface area (TPSA) is 18.5 Å². The van der Waals surface area contributed by atoms with E-state index in [1.54, 1.807) is 0 Å². The quantitative estimate of drug-likeness (QED) is 0.662. The Labute approximate surface area is 84.9 Å². The van der Waals surface area contributed by atoms with Gasteiger partial charge in [0.2, 0.25) is 0 Å². The van der Waals surface area contributed by atoms with Gasteiger partial charge < -0.3 is 8.85 Å². The van der Waals surface area contributed by atoms with Gasteiger partial charge in [0.1, 0.15) is 0 Å². The largest absolute Gasteiger partial charge is 0.420 e. The van der Waals surface area contributed by atoms with Crippen LogP contribution >= 0.6 is 0 Å². The van der Waals surface area contributed by atoms with E-state index in [-0.39, 0.29) is 0 Å². The molecule has 0 aromatic rings. The Bertz CT molecular complexity index is 142. The van der Waals surface area contributed by atoms with Gasteiger partial charge in [0, 0.05) is 14.2 Å². The number of hydrogen-bond donors (Lipinski definition) is 0. The first-order chi connectivity index (χ1) is 5.81. The molecule has 0 heterocycles. The molecule has 2 nitrogen and oxygen atoms in total. The van der Waals surface area contributed by atoms with Crippen LogP contribution in [-0.2, 0) is 8.85 Å². The Balaban J connectivity index is 4.69. The molecule has 0 spiro atoms. The smallest absolute Gasteiger partial charge is 0.188 e. The second kappa shape index (κ2) is 4.73. The summed E-state index contributed by atoms with van der Waals surface area (Å²) in [6.45, 7) is 13.0. The van der Waals surface area contributed by atoms with Gasteiger partial charge in [-0.2, -0.15) is 0 Å². The SMILES string of the molecule is [CH2]CC([Si](C)(C)OC)[Si](C)(C)OC. The molecule has 0 fully saturated rings. The molecule has 0 N–H and O–H groups in total. The normalized spacial score (nSPS) is 13.8.